The molecular formula is C20H26N2O4. The molecule has 1 aliphatic heterocycles. The van der Waals surface area contributed by atoms with Crippen LogP contribution in [0.5, 0.6) is 5.75 Å². The first-order chi connectivity index (χ1) is 12.7. The van der Waals surface area contributed by atoms with E-state index in [1.807, 2.05) is 49.4 Å². The molecule has 26 heavy (non-hydrogen) atoms. The Balaban J connectivity index is 1.49. The van der Waals surface area contributed by atoms with Crippen LogP contribution in [0.2, 0.25) is 0 Å². The van der Waals surface area contributed by atoms with Gasteiger partial charge in [0.15, 0.2) is 0 Å². The zero-order valence-corrected chi connectivity index (χ0v) is 15.1. The second-order valence-electron chi connectivity index (χ2n) is 6.33. The fourth-order valence-electron chi connectivity index (χ4n) is 3.01. The van der Waals surface area contributed by atoms with E-state index in [-0.39, 0.29) is 11.9 Å². The molecule has 1 aromatic carbocycles. The first-order valence-electron chi connectivity index (χ1n) is 9.05. The van der Waals surface area contributed by atoms with Crippen LogP contribution in [0.1, 0.15) is 24.0 Å². The van der Waals surface area contributed by atoms with Gasteiger partial charge in [-0.3, -0.25) is 9.69 Å². The number of aryl methyl sites for hydroxylation is 1. The lowest BCUT2D eigenvalue weighted by Gasteiger charge is -2.33. The molecule has 0 radical (unpaired) electrons. The number of benzene rings is 1. The SMILES string of the molecule is Cc1ccc(C(CNC(=O)CCOc2ccccc2)N2CCOCC2)o1. The van der Waals surface area contributed by atoms with Gasteiger partial charge in [0, 0.05) is 19.6 Å². The van der Waals surface area contributed by atoms with E-state index in [0.29, 0.717) is 32.8 Å². The van der Waals surface area contributed by atoms with Crippen molar-refractivity contribution in [2.24, 2.45) is 0 Å². The van der Waals surface area contributed by atoms with E-state index in [1.54, 1.807) is 0 Å². The minimum absolute atomic E-state index is 0.0200. The lowest BCUT2D eigenvalue weighted by atomic mass is 10.1. The first-order valence-corrected chi connectivity index (χ1v) is 9.05. The molecule has 0 spiro atoms. The van der Waals surface area contributed by atoms with Gasteiger partial charge in [0.25, 0.3) is 0 Å². The number of nitrogens with one attached hydrogen (secondary N) is 1. The summed E-state index contributed by atoms with van der Waals surface area (Å²) in [4.78, 5) is 14.5. The van der Waals surface area contributed by atoms with Crippen LogP contribution in [-0.2, 0) is 9.53 Å². The fraction of sp³-hybridized carbons (Fsp3) is 0.450. The van der Waals surface area contributed by atoms with Crippen LogP contribution in [0.15, 0.2) is 46.9 Å². The van der Waals surface area contributed by atoms with Gasteiger partial charge < -0.3 is 19.2 Å². The Morgan fingerprint density at radius 2 is 1.96 bits per heavy atom. The minimum Gasteiger partial charge on any atom is -0.493 e. The molecule has 1 aliphatic rings. The molecule has 1 fully saturated rings. The van der Waals surface area contributed by atoms with Crippen LogP contribution in [0.3, 0.4) is 0 Å². The molecule has 140 valence electrons. The van der Waals surface area contributed by atoms with Gasteiger partial charge in [-0.25, -0.2) is 0 Å². The van der Waals surface area contributed by atoms with Gasteiger partial charge in [0.05, 0.1) is 32.3 Å². The van der Waals surface area contributed by atoms with E-state index >= 15 is 0 Å². The number of rotatable bonds is 8. The number of furan rings is 1. The normalized spacial score (nSPS) is 16.2. The number of para-hydroxylation sites is 1. The Bertz CT molecular complexity index is 680. The molecule has 3 rings (SSSR count). The number of hydrogen-bond donors (Lipinski definition) is 1. The zero-order chi connectivity index (χ0) is 18.2. The van der Waals surface area contributed by atoms with Crippen molar-refractivity contribution in [2.75, 3.05) is 39.5 Å². The Labute approximate surface area is 154 Å². The number of carbonyl (C=O) groups is 1. The van der Waals surface area contributed by atoms with Gasteiger partial charge >= 0.3 is 0 Å². The summed E-state index contributed by atoms with van der Waals surface area (Å²) in [6.45, 7) is 5.87. The van der Waals surface area contributed by atoms with Crippen LogP contribution in [0.25, 0.3) is 0 Å². The summed E-state index contributed by atoms with van der Waals surface area (Å²) in [6, 6.07) is 13.5. The van der Waals surface area contributed by atoms with Gasteiger partial charge in [0.1, 0.15) is 17.3 Å². The number of morpholine rings is 1. The van der Waals surface area contributed by atoms with Crippen molar-refractivity contribution in [3.63, 3.8) is 0 Å². The molecule has 0 bridgehead atoms. The highest BCUT2D eigenvalue weighted by Crippen LogP contribution is 2.23. The molecule has 2 aromatic rings. The van der Waals surface area contributed by atoms with E-state index in [1.165, 1.54) is 0 Å². The predicted octanol–water partition coefficient (Wildman–Crippen LogP) is 2.55. The van der Waals surface area contributed by atoms with Crippen molar-refractivity contribution < 1.29 is 18.7 Å². The van der Waals surface area contributed by atoms with Crippen LogP contribution < -0.4 is 10.1 Å². The lowest BCUT2D eigenvalue weighted by Crippen LogP contribution is -2.43. The summed E-state index contributed by atoms with van der Waals surface area (Å²) >= 11 is 0. The Morgan fingerprint density at radius 1 is 1.19 bits per heavy atom. The van der Waals surface area contributed by atoms with Gasteiger partial charge in [-0.1, -0.05) is 18.2 Å². The van der Waals surface area contributed by atoms with Crippen molar-refractivity contribution in [1.29, 1.82) is 0 Å². The monoisotopic (exact) mass is 358 g/mol. The van der Waals surface area contributed by atoms with Gasteiger partial charge in [-0.15, -0.1) is 0 Å². The molecule has 1 unspecified atom stereocenters. The molecule has 1 saturated heterocycles. The summed E-state index contributed by atoms with van der Waals surface area (Å²) in [6.07, 6.45) is 0.321. The van der Waals surface area contributed by atoms with Gasteiger partial charge in [0.2, 0.25) is 5.91 Å². The van der Waals surface area contributed by atoms with Crippen LogP contribution >= 0.6 is 0 Å². The van der Waals surface area contributed by atoms with Gasteiger partial charge in [-0.2, -0.15) is 0 Å². The maximum Gasteiger partial charge on any atom is 0.223 e. The van der Waals surface area contributed by atoms with E-state index in [4.69, 9.17) is 13.9 Å². The summed E-state index contributed by atoms with van der Waals surface area (Å²) in [5, 5.41) is 3.01. The maximum atomic E-state index is 12.2. The van der Waals surface area contributed by atoms with E-state index in [9.17, 15) is 4.79 Å². The molecule has 0 saturated carbocycles. The van der Waals surface area contributed by atoms with Crippen molar-refractivity contribution in [2.45, 2.75) is 19.4 Å². The summed E-state index contributed by atoms with van der Waals surface area (Å²) in [7, 11) is 0. The van der Waals surface area contributed by atoms with Crippen molar-refractivity contribution >= 4 is 5.91 Å². The summed E-state index contributed by atoms with van der Waals surface area (Å²) in [5.74, 6) is 2.51. The maximum absolute atomic E-state index is 12.2. The lowest BCUT2D eigenvalue weighted by molar-refractivity contribution is -0.122. The zero-order valence-electron chi connectivity index (χ0n) is 15.1. The second kappa shape index (κ2) is 9.40. The summed E-state index contributed by atoms with van der Waals surface area (Å²) < 4.78 is 16.8. The number of hydrogen-bond acceptors (Lipinski definition) is 5. The standard InChI is InChI=1S/C20H26N2O4/c1-16-7-8-19(26-16)18(22-10-13-24-14-11-22)15-21-20(23)9-12-25-17-5-3-2-4-6-17/h2-8,18H,9-15H2,1H3,(H,21,23). The van der Waals surface area contributed by atoms with Crippen LogP contribution in [0, 0.1) is 6.92 Å². The topological polar surface area (TPSA) is 63.9 Å². The third kappa shape index (κ3) is 5.34. The third-order valence-electron chi connectivity index (χ3n) is 4.41. The highest BCUT2D eigenvalue weighted by Gasteiger charge is 2.25. The van der Waals surface area contributed by atoms with Crippen molar-refractivity contribution in [3.8, 4) is 5.75 Å². The molecule has 1 atom stereocenters. The average Bonchev–Trinajstić information content (AvgIpc) is 3.10. The highest BCUT2D eigenvalue weighted by atomic mass is 16.5. The predicted molar refractivity (Wildman–Crippen MR) is 98.1 cm³/mol. The highest BCUT2D eigenvalue weighted by molar-refractivity contribution is 5.76. The van der Waals surface area contributed by atoms with Crippen molar-refractivity contribution in [1.82, 2.24) is 10.2 Å². The quantitative estimate of drug-likeness (QED) is 0.786. The summed E-state index contributed by atoms with van der Waals surface area (Å²) in [5.41, 5.74) is 0. The van der Waals surface area contributed by atoms with Crippen LogP contribution in [-0.4, -0.2) is 50.3 Å². The molecule has 1 aromatic heterocycles. The molecule has 0 aliphatic carbocycles. The third-order valence-corrected chi connectivity index (χ3v) is 4.41. The fourth-order valence-corrected chi connectivity index (χ4v) is 3.01. The minimum atomic E-state index is -0.0255. The smallest absolute Gasteiger partial charge is 0.223 e. The Morgan fingerprint density at radius 3 is 2.65 bits per heavy atom. The molecule has 1 amide bonds. The Kier molecular flexibility index (Phi) is 6.68. The number of ether oxygens (including phenoxy) is 2. The van der Waals surface area contributed by atoms with E-state index < -0.39 is 0 Å². The molecular weight excluding hydrogens is 332 g/mol. The molecule has 6 nitrogen and oxygen atoms in total. The first kappa shape index (κ1) is 18.5. The van der Waals surface area contributed by atoms with Crippen LogP contribution in [0.4, 0.5) is 0 Å². The second-order valence-corrected chi connectivity index (χ2v) is 6.33. The van der Waals surface area contributed by atoms with E-state index in [0.717, 1.165) is 30.4 Å². The number of amides is 1. The van der Waals surface area contributed by atoms with E-state index in [2.05, 4.69) is 10.2 Å². The molecule has 6 heteroatoms. The average molecular weight is 358 g/mol. The largest absolute Gasteiger partial charge is 0.493 e. The number of carbonyl (C=O) groups excluding carboxylic acids is 1. The molecule has 2 heterocycles. The van der Waals surface area contributed by atoms with Gasteiger partial charge in [-0.05, 0) is 31.2 Å². The number of nitrogens with zero attached hydrogens (tertiary/aromatic N) is 1. The Hall–Kier alpha value is -2.31. The van der Waals surface area contributed by atoms with Crippen molar-refractivity contribution in [3.05, 3.63) is 54.0 Å². The molecule has 1 N–H and O–H groups in total.